The molecule has 0 aromatic heterocycles. The van der Waals surface area contributed by atoms with Crippen LogP contribution >= 0.6 is 0 Å². The number of ether oxygens (including phenoxy) is 4. The number of rotatable bonds is 12. The third kappa shape index (κ3) is 13.7. The predicted molar refractivity (Wildman–Crippen MR) is 167 cm³/mol. The van der Waals surface area contributed by atoms with Crippen molar-refractivity contribution in [1.82, 2.24) is 0 Å². The van der Waals surface area contributed by atoms with Crippen molar-refractivity contribution in [3.05, 3.63) is 60.7 Å². The average Bonchev–Trinajstić information content (AvgIpc) is 2.85. The van der Waals surface area contributed by atoms with Crippen molar-refractivity contribution < 1.29 is 33.6 Å². The Morgan fingerprint density at radius 2 is 1.07 bits per heavy atom. The lowest BCUT2D eigenvalue weighted by atomic mass is 9.91. The van der Waals surface area contributed by atoms with E-state index in [1.165, 1.54) is 0 Å². The Morgan fingerprint density at radius 3 is 1.43 bits per heavy atom. The molecule has 0 amide bonds. The van der Waals surface area contributed by atoms with Gasteiger partial charge in [-0.1, -0.05) is 71.0 Å². The maximum absolute atomic E-state index is 12.6. The standard InChI is InChI=1S/C22H34O5.C13H20O2/c1-15(2)19(25-17-12-10-9-11-13-17)22(7,8)27-20(24)16(3)14-18(23)26-21(4,5)6;1-10(2)12(13(3,4)14)15-11-8-6-5-7-9-11/h9-13,15-16,19H,14H2,1-8H3;5-10,12,14H,1-4H3/t16?,19-;12-/m11/s1. The second-order valence-corrected chi connectivity index (χ2v) is 13.6. The molecule has 236 valence electrons. The highest BCUT2D eigenvalue weighted by molar-refractivity contribution is 5.80. The van der Waals surface area contributed by atoms with Gasteiger partial charge in [0.15, 0.2) is 0 Å². The summed E-state index contributed by atoms with van der Waals surface area (Å²) in [4.78, 5) is 24.5. The van der Waals surface area contributed by atoms with Crippen molar-refractivity contribution >= 4 is 11.9 Å². The molecule has 0 aliphatic rings. The van der Waals surface area contributed by atoms with Gasteiger partial charge in [0.05, 0.1) is 17.9 Å². The molecule has 0 heterocycles. The van der Waals surface area contributed by atoms with Crippen molar-refractivity contribution in [2.24, 2.45) is 17.8 Å². The zero-order chi connectivity index (χ0) is 32.3. The van der Waals surface area contributed by atoms with Gasteiger partial charge in [-0.2, -0.15) is 0 Å². The Labute approximate surface area is 253 Å². The summed E-state index contributed by atoms with van der Waals surface area (Å²) in [5.41, 5.74) is -2.26. The molecule has 3 atom stereocenters. The summed E-state index contributed by atoms with van der Waals surface area (Å²) < 4.78 is 22.9. The van der Waals surface area contributed by atoms with Crippen LogP contribution in [0, 0.1) is 17.8 Å². The fraction of sp³-hybridized carbons (Fsp3) is 0.600. The maximum atomic E-state index is 12.6. The van der Waals surface area contributed by atoms with Gasteiger partial charge in [-0.25, -0.2) is 0 Å². The molecule has 0 aliphatic carbocycles. The fourth-order valence-corrected chi connectivity index (χ4v) is 4.60. The van der Waals surface area contributed by atoms with Gasteiger partial charge in [-0.3, -0.25) is 9.59 Å². The molecule has 7 heteroatoms. The molecule has 0 radical (unpaired) electrons. The molecule has 42 heavy (non-hydrogen) atoms. The molecule has 2 aromatic carbocycles. The second kappa shape index (κ2) is 16.0. The molecule has 2 rings (SSSR count). The molecule has 0 saturated carbocycles. The van der Waals surface area contributed by atoms with Gasteiger partial charge < -0.3 is 24.1 Å². The SMILES string of the molecule is CC(C)[C@@H](Oc1ccccc1)C(C)(C)O.CC(CC(=O)OC(C)(C)C)C(=O)OC(C)(C)[C@H](Oc1ccccc1)C(C)C. The van der Waals surface area contributed by atoms with E-state index < -0.39 is 34.7 Å². The van der Waals surface area contributed by atoms with E-state index >= 15 is 0 Å². The zero-order valence-corrected chi connectivity index (χ0v) is 27.8. The Kier molecular flexibility index (Phi) is 14.1. The van der Waals surface area contributed by atoms with Crippen molar-refractivity contribution in [1.29, 1.82) is 0 Å². The predicted octanol–water partition coefficient (Wildman–Crippen LogP) is 7.64. The maximum Gasteiger partial charge on any atom is 0.309 e. The van der Waals surface area contributed by atoms with Crippen LogP contribution in [0.5, 0.6) is 11.5 Å². The lowest BCUT2D eigenvalue weighted by Crippen LogP contribution is -2.48. The first-order chi connectivity index (χ1) is 19.2. The van der Waals surface area contributed by atoms with Crippen LogP contribution < -0.4 is 9.47 Å². The smallest absolute Gasteiger partial charge is 0.309 e. The van der Waals surface area contributed by atoms with Gasteiger partial charge in [0, 0.05) is 0 Å². The van der Waals surface area contributed by atoms with Crippen LogP contribution in [-0.2, 0) is 19.1 Å². The normalized spacial score (nSPS) is 14.3. The van der Waals surface area contributed by atoms with E-state index in [1.54, 1.807) is 41.5 Å². The van der Waals surface area contributed by atoms with Crippen molar-refractivity contribution in [3.63, 3.8) is 0 Å². The van der Waals surface area contributed by atoms with Crippen LogP contribution in [0.15, 0.2) is 60.7 Å². The number of para-hydroxylation sites is 2. The quantitative estimate of drug-likeness (QED) is 0.256. The lowest BCUT2D eigenvalue weighted by molar-refractivity contribution is -0.176. The van der Waals surface area contributed by atoms with E-state index in [9.17, 15) is 14.7 Å². The van der Waals surface area contributed by atoms with Crippen molar-refractivity contribution in [2.45, 2.75) is 119 Å². The molecular formula is C35H54O7. The molecule has 1 N–H and O–H groups in total. The number of hydrogen-bond acceptors (Lipinski definition) is 7. The molecule has 1 unspecified atom stereocenters. The molecule has 7 nitrogen and oxygen atoms in total. The van der Waals surface area contributed by atoms with Gasteiger partial charge in [-0.15, -0.1) is 0 Å². The molecular weight excluding hydrogens is 532 g/mol. The number of carbonyl (C=O) groups is 2. The van der Waals surface area contributed by atoms with Crippen molar-refractivity contribution in [3.8, 4) is 11.5 Å². The monoisotopic (exact) mass is 586 g/mol. The zero-order valence-electron chi connectivity index (χ0n) is 27.8. The minimum Gasteiger partial charge on any atom is -0.487 e. The van der Waals surface area contributed by atoms with E-state index in [4.69, 9.17) is 18.9 Å². The van der Waals surface area contributed by atoms with Crippen LogP contribution in [0.2, 0.25) is 0 Å². The van der Waals surface area contributed by atoms with Gasteiger partial charge in [-0.05, 0) is 84.6 Å². The summed E-state index contributed by atoms with van der Waals surface area (Å²) in [6.07, 6.45) is -0.546. The highest BCUT2D eigenvalue weighted by Gasteiger charge is 2.39. The first-order valence-electron chi connectivity index (χ1n) is 14.8. The summed E-state index contributed by atoms with van der Waals surface area (Å²) in [5, 5.41) is 9.98. The second-order valence-electron chi connectivity index (χ2n) is 13.6. The number of carbonyl (C=O) groups excluding carboxylic acids is 2. The van der Waals surface area contributed by atoms with Crippen LogP contribution in [0.25, 0.3) is 0 Å². The third-order valence-corrected chi connectivity index (χ3v) is 6.26. The van der Waals surface area contributed by atoms with Crippen LogP contribution in [0.1, 0.15) is 89.5 Å². The molecule has 0 spiro atoms. The topological polar surface area (TPSA) is 91.3 Å². The van der Waals surface area contributed by atoms with Crippen LogP contribution in [0.4, 0.5) is 0 Å². The summed E-state index contributed by atoms with van der Waals surface area (Å²) in [6, 6.07) is 19.1. The molecule has 2 aromatic rings. The van der Waals surface area contributed by atoms with Crippen LogP contribution in [-0.4, -0.2) is 46.1 Å². The van der Waals surface area contributed by atoms with E-state index in [1.807, 2.05) is 102 Å². The Bertz CT molecular complexity index is 1060. The summed E-state index contributed by atoms with van der Waals surface area (Å²) in [5.74, 6) is 0.474. The molecule has 0 fully saturated rings. The van der Waals surface area contributed by atoms with Gasteiger partial charge in [0.1, 0.15) is 34.9 Å². The summed E-state index contributed by atoms with van der Waals surface area (Å²) in [7, 11) is 0. The lowest BCUT2D eigenvalue weighted by Gasteiger charge is -2.37. The fourth-order valence-electron chi connectivity index (χ4n) is 4.60. The molecule has 0 aliphatic heterocycles. The highest BCUT2D eigenvalue weighted by Crippen LogP contribution is 2.28. The van der Waals surface area contributed by atoms with Crippen LogP contribution in [0.3, 0.4) is 0 Å². The number of benzene rings is 2. The third-order valence-electron chi connectivity index (χ3n) is 6.26. The Morgan fingerprint density at radius 1 is 0.667 bits per heavy atom. The average molecular weight is 587 g/mol. The Hall–Kier alpha value is -3.06. The number of aliphatic hydroxyl groups is 1. The summed E-state index contributed by atoms with van der Waals surface area (Å²) in [6.45, 7) is 22.4. The largest absolute Gasteiger partial charge is 0.487 e. The Balaban J connectivity index is 0.000000495. The van der Waals surface area contributed by atoms with E-state index in [2.05, 4.69) is 0 Å². The highest BCUT2D eigenvalue weighted by atomic mass is 16.6. The number of hydrogen-bond donors (Lipinski definition) is 1. The van der Waals surface area contributed by atoms with E-state index in [0.717, 1.165) is 11.5 Å². The first kappa shape index (κ1) is 37.0. The molecule has 0 saturated heterocycles. The van der Waals surface area contributed by atoms with Crippen molar-refractivity contribution in [2.75, 3.05) is 0 Å². The first-order valence-corrected chi connectivity index (χ1v) is 14.8. The minimum atomic E-state index is -0.858. The molecule has 0 bridgehead atoms. The van der Waals surface area contributed by atoms with Gasteiger partial charge in [0.2, 0.25) is 0 Å². The van der Waals surface area contributed by atoms with Gasteiger partial charge in [0.25, 0.3) is 0 Å². The minimum absolute atomic E-state index is 0.0158. The van der Waals surface area contributed by atoms with Gasteiger partial charge >= 0.3 is 11.9 Å². The van der Waals surface area contributed by atoms with E-state index in [-0.39, 0.29) is 30.5 Å². The number of esters is 2. The van der Waals surface area contributed by atoms with E-state index in [0.29, 0.717) is 0 Å². The summed E-state index contributed by atoms with van der Waals surface area (Å²) >= 11 is 0.